The van der Waals surface area contributed by atoms with Crippen molar-refractivity contribution >= 4 is 21.7 Å². The molecule has 2 N–H and O–H groups in total. The molecule has 15 heavy (non-hydrogen) atoms. The van der Waals surface area contributed by atoms with Crippen molar-refractivity contribution in [1.29, 1.82) is 0 Å². The number of pyridine rings is 1. The zero-order valence-corrected chi connectivity index (χ0v) is 10.3. The van der Waals surface area contributed by atoms with E-state index in [0.717, 1.165) is 35.1 Å². The monoisotopic (exact) mass is 270 g/mol. The van der Waals surface area contributed by atoms with Crippen LogP contribution < -0.4 is 5.32 Å². The van der Waals surface area contributed by atoms with E-state index in [1.807, 2.05) is 13.0 Å². The molecule has 1 aliphatic rings. The van der Waals surface area contributed by atoms with Gasteiger partial charge in [0, 0.05) is 6.20 Å². The predicted octanol–water partition coefficient (Wildman–Crippen LogP) is 2.48. The average molecular weight is 271 g/mol. The first-order chi connectivity index (χ1) is 7.18. The van der Waals surface area contributed by atoms with Crippen LogP contribution in [0.1, 0.15) is 24.8 Å². The van der Waals surface area contributed by atoms with Crippen LogP contribution in [0.25, 0.3) is 0 Å². The summed E-state index contributed by atoms with van der Waals surface area (Å²) < 4.78 is 0.990. The molecule has 1 aromatic heterocycles. The van der Waals surface area contributed by atoms with E-state index >= 15 is 0 Å². The van der Waals surface area contributed by atoms with Crippen molar-refractivity contribution in [1.82, 2.24) is 4.98 Å². The minimum atomic E-state index is -0.237. The molecule has 2 atom stereocenters. The molecule has 2 rings (SSSR count). The topological polar surface area (TPSA) is 45.2 Å². The van der Waals surface area contributed by atoms with Crippen LogP contribution in [0.2, 0.25) is 0 Å². The summed E-state index contributed by atoms with van der Waals surface area (Å²) in [6.45, 7) is 2.03. The van der Waals surface area contributed by atoms with E-state index in [2.05, 4.69) is 26.2 Å². The molecular weight excluding hydrogens is 256 g/mol. The minimum Gasteiger partial charge on any atom is -0.391 e. The molecule has 1 fully saturated rings. The van der Waals surface area contributed by atoms with Crippen LogP contribution in [-0.4, -0.2) is 22.2 Å². The Morgan fingerprint density at radius 2 is 2.33 bits per heavy atom. The van der Waals surface area contributed by atoms with Crippen molar-refractivity contribution in [2.24, 2.45) is 0 Å². The molecule has 0 saturated heterocycles. The molecule has 2 unspecified atom stereocenters. The lowest BCUT2D eigenvalue weighted by molar-refractivity contribution is 0.171. The molecule has 4 heteroatoms. The number of anilines is 1. The molecule has 0 bridgehead atoms. The summed E-state index contributed by atoms with van der Waals surface area (Å²) in [5.41, 5.74) is 1.15. The summed E-state index contributed by atoms with van der Waals surface area (Å²) >= 11 is 3.50. The van der Waals surface area contributed by atoms with Gasteiger partial charge in [-0.15, -0.1) is 0 Å². The van der Waals surface area contributed by atoms with E-state index < -0.39 is 0 Å². The van der Waals surface area contributed by atoms with Gasteiger partial charge in [-0.3, -0.25) is 0 Å². The molecule has 1 aromatic rings. The molecule has 0 spiro atoms. The molecule has 0 radical (unpaired) electrons. The Balaban J connectivity index is 2.13. The van der Waals surface area contributed by atoms with E-state index in [9.17, 15) is 5.11 Å². The first-order valence-corrected chi connectivity index (χ1v) is 6.03. The number of hydrogen-bond donors (Lipinski definition) is 2. The van der Waals surface area contributed by atoms with Crippen LogP contribution >= 0.6 is 15.9 Å². The van der Waals surface area contributed by atoms with Crippen molar-refractivity contribution in [3.05, 3.63) is 22.3 Å². The smallest absolute Gasteiger partial charge is 0.140 e. The SMILES string of the molecule is Cc1ccnc(NC2CCCC2O)c1Br. The quantitative estimate of drug-likeness (QED) is 0.868. The molecule has 0 aromatic carbocycles. The second kappa shape index (κ2) is 4.49. The zero-order valence-electron chi connectivity index (χ0n) is 8.70. The Labute approximate surface area is 98.0 Å². The van der Waals surface area contributed by atoms with E-state index in [1.165, 1.54) is 0 Å². The highest BCUT2D eigenvalue weighted by molar-refractivity contribution is 9.10. The first-order valence-electron chi connectivity index (χ1n) is 5.24. The van der Waals surface area contributed by atoms with Gasteiger partial charge in [-0.1, -0.05) is 0 Å². The molecule has 1 heterocycles. The van der Waals surface area contributed by atoms with Gasteiger partial charge in [0.2, 0.25) is 0 Å². The third kappa shape index (κ3) is 2.32. The first kappa shape index (κ1) is 10.9. The van der Waals surface area contributed by atoms with Crippen molar-refractivity contribution in [2.45, 2.75) is 38.3 Å². The Kier molecular flexibility index (Phi) is 3.26. The van der Waals surface area contributed by atoms with Crippen LogP contribution in [0.4, 0.5) is 5.82 Å². The van der Waals surface area contributed by atoms with Crippen molar-refractivity contribution in [3.63, 3.8) is 0 Å². The summed E-state index contributed by atoms with van der Waals surface area (Å²) in [7, 11) is 0. The lowest BCUT2D eigenvalue weighted by Gasteiger charge is -2.18. The van der Waals surface area contributed by atoms with Crippen molar-refractivity contribution in [2.75, 3.05) is 5.32 Å². The lowest BCUT2D eigenvalue weighted by atomic mass is 10.2. The standard InChI is InChI=1S/C11H15BrN2O/c1-7-5-6-13-11(10(7)12)14-8-3-2-4-9(8)15/h5-6,8-9,15H,2-4H2,1H3,(H,13,14). The second-order valence-electron chi connectivity index (χ2n) is 4.04. The van der Waals surface area contributed by atoms with Gasteiger partial charge in [-0.25, -0.2) is 4.98 Å². The van der Waals surface area contributed by atoms with Crippen LogP contribution in [0.5, 0.6) is 0 Å². The van der Waals surface area contributed by atoms with Gasteiger partial charge >= 0.3 is 0 Å². The fourth-order valence-corrected chi connectivity index (χ4v) is 2.27. The molecule has 1 saturated carbocycles. The second-order valence-corrected chi connectivity index (χ2v) is 4.83. The molecule has 1 aliphatic carbocycles. The summed E-state index contributed by atoms with van der Waals surface area (Å²) in [6.07, 6.45) is 4.54. The average Bonchev–Trinajstić information content (AvgIpc) is 2.60. The van der Waals surface area contributed by atoms with Crippen LogP contribution in [0.3, 0.4) is 0 Å². The third-order valence-corrected chi connectivity index (χ3v) is 3.88. The minimum absolute atomic E-state index is 0.149. The van der Waals surface area contributed by atoms with Gasteiger partial charge in [0.15, 0.2) is 0 Å². The fourth-order valence-electron chi connectivity index (χ4n) is 1.93. The van der Waals surface area contributed by atoms with Crippen LogP contribution in [0.15, 0.2) is 16.7 Å². The van der Waals surface area contributed by atoms with Gasteiger partial charge in [0.25, 0.3) is 0 Å². The normalized spacial score (nSPS) is 25.5. The largest absolute Gasteiger partial charge is 0.391 e. The number of aromatic nitrogens is 1. The number of aliphatic hydroxyl groups excluding tert-OH is 1. The molecule has 0 aliphatic heterocycles. The van der Waals surface area contributed by atoms with Crippen molar-refractivity contribution < 1.29 is 5.11 Å². The summed E-state index contributed by atoms with van der Waals surface area (Å²) in [5, 5.41) is 13.0. The van der Waals surface area contributed by atoms with E-state index in [0.29, 0.717) is 0 Å². The van der Waals surface area contributed by atoms with Gasteiger partial charge in [0.05, 0.1) is 16.6 Å². The fraction of sp³-hybridized carbons (Fsp3) is 0.545. The van der Waals surface area contributed by atoms with E-state index in [4.69, 9.17) is 0 Å². The molecule has 3 nitrogen and oxygen atoms in total. The summed E-state index contributed by atoms with van der Waals surface area (Å²) in [6, 6.07) is 2.11. The van der Waals surface area contributed by atoms with Gasteiger partial charge in [-0.2, -0.15) is 0 Å². The molecule has 0 amide bonds. The van der Waals surface area contributed by atoms with Gasteiger partial charge in [-0.05, 0) is 53.7 Å². The van der Waals surface area contributed by atoms with E-state index in [1.54, 1.807) is 6.20 Å². The summed E-state index contributed by atoms with van der Waals surface area (Å²) in [5.74, 6) is 0.834. The lowest BCUT2D eigenvalue weighted by Crippen LogP contribution is -2.28. The number of aryl methyl sites for hydroxylation is 1. The Bertz CT molecular complexity index is 356. The third-order valence-electron chi connectivity index (χ3n) is 2.88. The summed E-state index contributed by atoms with van der Waals surface area (Å²) in [4.78, 5) is 4.27. The van der Waals surface area contributed by atoms with E-state index in [-0.39, 0.29) is 12.1 Å². The maximum absolute atomic E-state index is 9.70. The highest BCUT2D eigenvalue weighted by Gasteiger charge is 2.25. The number of nitrogens with one attached hydrogen (secondary N) is 1. The number of halogens is 1. The van der Waals surface area contributed by atoms with Crippen LogP contribution in [-0.2, 0) is 0 Å². The van der Waals surface area contributed by atoms with Gasteiger partial charge in [0.1, 0.15) is 5.82 Å². The Hall–Kier alpha value is -0.610. The zero-order chi connectivity index (χ0) is 10.8. The maximum Gasteiger partial charge on any atom is 0.140 e. The number of hydrogen-bond acceptors (Lipinski definition) is 3. The number of aliphatic hydroxyl groups is 1. The number of rotatable bonds is 2. The highest BCUT2D eigenvalue weighted by Crippen LogP contribution is 2.27. The highest BCUT2D eigenvalue weighted by atomic mass is 79.9. The molecular formula is C11H15BrN2O. The Morgan fingerprint density at radius 3 is 3.00 bits per heavy atom. The van der Waals surface area contributed by atoms with Gasteiger partial charge < -0.3 is 10.4 Å². The van der Waals surface area contributed by atoms with Crippen LogP contribution in [0, 0.1) is 6.92 Å². The van der Waals surface area contributed by atoms with Crippen molar-refractivity contribution in [3.8, 4) is 0 Å². The Morgan fingerprint density at radius 1 is 1.53 bits per heavy atom. The molecule has 82 valence electrons. The predicted molar refractivity (Wildman–Crippen MR) is 63.9 cm³/mol. The number of nitrogens with zero attached hydrogens (tertiary/aromatic N) is 1. The maximum atomic E-state index is 9.70.